The summed E-state index contributed by atoms with van der Waals surface area (Å²) < 4.78 is 0. The fourth-order valence-corrected chi connectivity index (χ4v) is 9.31. The van der Waals surface area contributed by atoms with Gasteiger partial charge in [0.1, 0.15) is 5.75 Å². The van der Waals surface area contributed by atoms with Gasteiger partial charge in [0.15, 0.2) is 11.4 Å². The molecule has 3 aromatic carbocycles. The van der Waals surface area contributed by atoms with Crippen molar-refractivity contribution in [2.24, 2.45) is 29.6 Å². The van der Waals surface area contributed by atoms with Gasteiger partial charge in [-0.2, -0.15) is 0 Å². The SMILES string of the molecule is CN(C)c1c([N+](=O)[O-])cc(N2C(=O)[C@H]3[C@H](CC=C4[C@H]3C[C@H]3C(=O)N(c5cc([N+](=O)[O-])c(N(C)C)c([N+](=O)[O-])c5)C(=O)[C@H]3[C@H]4c3cc(Cl)ccc3O)C2=O)cc1[N+](=O)[O-]. The van der Waals surface area contributed by atoms with E-state index in [4.69, 9.17) is 11.6 Å². The number of phenolic OH excluding ortho intramolecular Hbond substituents is 1. The summed E-state index contributed by atoms with van der Waals surface area (Å²) in [5.41, 5.74) is -4.18. The van der Waals surface area contributed by atoms with Crippen molar-refractivity contribution in [1.82, 2.24) is 0 Å². The van der Waals surface area contributed by atoms with Crippen LogP contribution in [0.1, 0.15) is 24.3 Å². The van der Waals surface area contributed by atoms with E-state index < -0.39 is 113 Å². The van der Waals surface area contributed by atoms with Crippen LogP contribution in [-0.4, -0.2) is 76.6 Å². The van der Waals surface area contributed by atoms with Crippen LogP contribution in [0.2, 0.25) is 5.02 Å². The number of allylic oxidation sites excluding steroid dienone is 2. The number of imide groups is 2. The van der Waals surface area contributed by atoms with E-state index in [2.05, 4.69) is 0 Å². The van der Waals surface area contributed by atoms with Gasteiger partial charge < -0.3 is 14.9 Å². The highest BCUT2D eigenvalue weighted by Gasteiger charge is 2.63. The number of anilines is 4. The van der Waals surface area contributed by atoms with Crippen molar-refractivity contribution < 1.29 is 44.0 Å². The molecule has 2 aliphatic heterocycles. The Kier molecular flexibility index (Phi) is 9.37. The third kappa shape index (κ3) is 5.83. The summed E-state index contributed by atoms with van der Waals surface area (Å²) in [6.07, 6.45) is 1.26. The molecule has 1 N–H and O–H groups in total. The number of nitro groups is 4. The lowest BCUT2D eigenvalue weighted by molar-refractivity contribution is -0.392. The lowest BCUT2D eigenvalue weighted by atomic mass is 9.57. The van der Waals surface area contributed by atoms with E-state index in [9.17, 15) is 64.7 Å². The third-order valence-corrected chi connectivity index (χ3v) is 11.5. The van der Waals surface area contributed by atoms with Crippen molar-refractivity contribution in [3.8, 4) is 5.75 Å². The first kappa shape index (κ1) is 39.2. The van der Waals surface area contributed by atoms with Crippen LogP contribution in [0.3, 0.4) is 0 Å². The standard InChI is InChI=1S/C36H31ClN8O13/c1-38(2)31-23(42(51)52)10-16(11-24(31)43(53)54)40-33(47)19-7-6-18-20(29(19)35(40)49)14-22-30(28(18)21-9-15(37)5-8-27(21)46)36(50)41(34(22)48)17-12-25(44(55)56)32(39(3)4)26(13-17)45(57)58/h5-6,8-13,19-20,22,28-30,46H,7,14H2,1-4H3/t19-,20+,22+,28+,29-,30+/m0/s1. The monoisotopic (exact) mass is 818 g/mol. The van der Waals surface area contributed by atoms with E-state index in [0.29, 0.717) is 15.4 Å². The molecule has 0 aromatic heterocycles. The van der Waals surface area contributed by atoms with Gasteiger partial charge in [-0.25, -0.2) is 9.80 Å². The van der Waals surface area contributed by atoms with Crippen LogP contribution in [0, 0.1) is 70.0 Å². The summed E-state index contributed by atoms with van der Waals surface area (Å²) in [7, 11) is 5.39. The lowest BCUT2D eigenvalue weighted by Crippen LogP contribution is -2.43. The van der Waals surface area contributed by atoms with Crippen molar-refractivity contribution in [3.05, 3.63) is 105 Å². The van der Waals surface area contributed by atoms with Crippen LogP contribution in [0.4, 0.5) is 45.5 Å². The Morgan fingerprint density at radius 2 is 1.07 bits per heavy atom. The van der Waals surface area contributed by atoms with E-state index in [1.54, 1.807) is 6.08 Å². The van der Waals surface area contributed by atoms with Gasteiger partial charge in [0.25, 0.3) is 0 Å². The molecule has 4 aliphatic rings. The Balaban J connectivity index is 1.37. The maximum atomic E-state index is 14.6. The second-order valence-electron chi connectivity index (χ2n) is 14.7. The molecule has 1 saturated carbocycles. The highest BCUT2D eigenvalue weighted by Crippen LogP contribution is 2.60. The van der Waals surface area contributed by atoms with Crippen LogP contribution in [0.25, 0.3) is 0 Å². The highest BCUT2D eigenvalue weighted by atomic mass is 35.5. The molecular weight excluding hydrogens is 788 g/mol. The predicted octanol–water partition coefficient (Wildman–Crippen LogP) is 4.86. The minimum atomic E-state index is -1.32. The quantitative estimate of drug-likeness (QED) is 0.131. The molecule has 2 aliphatic carbocycles. The molecule has 0 radical (unpaired) electrons. The molecule has 3 fully saturated rings. The summed E-state index contributed by atoms with van der Waals surface area (Å²) >= 11 is 6.37. The number of carbonyl (C=O) groups excluding carboxylic acids is 4. The Morgan fingerprint density at radius 3 is 1.50 bits per heavy atom. The van der Waals surface area contributed by atoms with E-state index in [1.165, 1.54) is 46.4 Å². The number of hydrogen-bond acceptors (Lipinski definition) is 15. The van der Waals surface area contributed by atoms with Gasteiger partial charge in [-0.05, 0) is 37.0 Å². The first-order chi connectivity index (χ1) is 27.3. The van der Waals surface area contributed by atoms with Gasteiger partial charge in [-0.1, -0.05) is 23.3 Å². The second kappa shape index (κ2) is 13.9. The number of amides is 4. The molecule has 0 bridgehead atoms. The normalized spacial score (nSPS) is 23.6. The van der Waals surface area contributed by atoms with E-state index in [1.807, 2.05) is 0 Å². The van der Waals surface area contributed by atoms with E-state index >= 15 is 0 Å². The van der Waals surface area contributed by atoms with Crippen molar-refractivity contribution in [2.45, 2.75) is 18.8 Å². The average molecular weight is 819 g/mol. The summed E-state index contributed by atoms with van der Waals surface area (Å²) in [6.45, 7) is 0. The number of nitro benzene ring substituents is 4. The van der Waals surface area contributed by atoms with Crippen molar-refractivity contribution >= 4 is 80.7 Å². The molecule has 58 heavy (non-hydrogen) atoms. The smallest absolute Gasteiger partial charge is 0.301 e. The number of nitrogens with zero attached hydrogens (tertiary/aromatic N) is 8. The average Bonchev–Trinajstić information content (AvgIpc) is 3.56. The molecule has 4 amide bonds. The number of phenols is 1. The molecule has 22 heteroatoms. The maximum absolute atomic E-state index is 14.6. The third-order valence-electron chi connectivity index (χ3n) is 11.3. The molecule has 2 heterocycles. The summed E-state index contributed by atoms with van der Waals surface area (Å²) in [5.74, 6) is -11.0. The number of aromatic hydroxyl groups is 1. The van der Waals surface area contributed by atoms with Gasteiger partial charge in [0.05, 0.1) is 54.7 Å². The highest BCUT2D eigenvalue weighted by molar-refractivity contribution is 6.30. The minimum absolute atomic E-state index is 0.0824. The zero-order valence-electron chi connectivity index (χ0n) is 30.8. The summed E-state index contributed by atoms with van der Waals surface area (Å²) in [5, 5.41) is 60.0. The molecule has 0 unspecified atom stereocenters. The van der Waals surface area contributed by atoms with Crippen molar-refractivity contribution in [3.63, 3.8) is 0 Å². The van der Waals surface area contributed by atoms with Gasteiger partial charge >= 0.3 is 22.7 Å². The molecule has 2 saturated heterocycles. The zero-order chi connectivity index (χ0) is 42.4. The lowest BCUT2D eigenvalue weighted by Gasteiger charge is -2.44. The fourth-order valence-electron chi connectivity index (χ4n) is 9.13. The fraction of sp³-hybridized carbons (Fsp3) is 0.333. The van der Waals surface area contributed by atoms with Crippen molar-refractivity contribution in [1.29, 1.82) is 0 Å². The predicted molar refractivity (Wildman–Crippen MR) is 204 cm³/mol. The molecule has 3 aromatic rings. The van der Waals surface area contributed by atoms with Crippen LogP contribution in [0.15, 0.2) is 54.1 Å². The molecule has 0 spiro atoms. The largest absolute Gasteiger partial charge is 0.508 e. The number of carbonyl (C=O) groups is 4. The first-order valence-electron chi connectivity index (χ1n) is 17.5. The summed E-state index contributed by atoms with van der Waals surface area (Å²) in [6, 6.07) is 7.54. The van der Waals surface area contributed by atoms with Crippen molar-refractivity contribution in [2.75, 3.05) is 47.8 Å². The van der Waals surface area contributed by atoms with E-state index in [-0.39, 0.29) is 40.6 Å². The number of fused-ring (bicyclic) bond motifs is 4. The molecule has 300 valence electrons. The molecular formula is C36H31ClN8O13. The number of halogens is 1. The van der Waals surface area contributed by atoms with Crippen LogP contribution in [0.5, 0.6) is 5.75 Å². The van der Waals surface area contributed by atoms with Gasteiger partial charge in [0, 0.05) is 69.0 Å². The maximum Gasteiger partial charge on any atom is 0.301 e. The number of hydrogen-bond donors (Lipinski definition) is 1. The van der Waals surface area contributed by atoms with Gasteiger partial charge in [-0.3, -0.25) is 59.6 Å². The Morgan fingerprint density at radius 1 is 0.638 bits per heavy atom. The first-order valence-corrected chi connectivity index (χ1v) is 17.9. The molecule has 6 atom stereocenters. The minimum Gasteiger partial charge on any atom is -0.508 e. The second-order valence-corrected chi connectivity index (χ2v) is 15.2. The van der Waals surface area contributed by atoms with Crippen LogP contribution in [-0.2, 0) is 19.2 Å². The van der Waals surface area contributed by atoms with Gasteiger partial charge in [-0.15, -0.1) is 0 Å². The van der Waals surface area contributed by atoms with Crippen LogP contribution >= 0.6 is 11.6 Å². The Labute approximate surface area is 331 Å². The Hall–Kier alpha value is -7.03. The van der Waals surface area contributed by atoms with Crippen LogP contribution < -0.4 is 19.6 Å². The Bertz CT molecular complexity index is 2400. The number of benzene rings is 3. The molecule has 7 rings (SSSR count). The van der Waals surface area contributed by atoms with Gasteiger partial charge in [0.2, 0.25) is 23.6 Å². The summed E-state index contributed by atoms with van der Waals surface area (Å²) in [4.78, 5) is 106. The zero-order valence-corrected chi connectivity index (χ0v) is 31.6. The van der Waals surface area contributed by atoms with E-state index in [0.717, 1.165) is 34.1 Å². The topological polar surface area (TPSA) is 274 Å². The number of rotatable bonds is 9. The molecule has 21 nitrogen and oxygen atoms in total.